The predicted molar refractivity (Wildman–Crippen MR) is 98.5 cm³/mol. The summed E-state index contributed by atoms with van der Waals surface area (Å²) in [5.74, 6) is -1.15. The minimum absolute atomic E-state index is 0.0535. The van der Waals surface area contributed by atoms with Crippen LogP contribution in [0.25, 0.3) is 11.5 Å². The molecule has 0 unspecified atom stereocenters. The standard InChI is InChI=1S/C18H15F2N3O4S/c1-25-12-5-10(6-13(8-12)26-2)17-22-23-18(27-17)28-9-16(24)21-11-3-4-14(19)15(20)7-11/h3-8H,9H2,1-2H3,(H,21,24). The van der Waals surface area contributed by atoms with Crippen LogP contribution in [-0.2, 0) is 4.79 Å². The number of aromatic nitrogens is 2. The van der Waals surface area contributed by atoms with E-state index in [1.54, 1.807) is 18.2 Å². The van der Waals surface area contributed by atoms with Gasteiger partial charge in [-0.3, -0.25) is 4.79 Å². The smallest absolute Gasteiger partial charge is 0.277 e. The number of benzene rings is 2. The molecule has 0 aliphatic heterocycles. The lowest BCUT2D eigenvalue weighted by Crippen LogP contribution is -2.14. The van der Waals surface area contributed by atoms with Crippen molar-refractivity contribution in [3.63, 3.8) is 0 Å². The summed E-state index contributed by atoms with van der Waals surface area (Å²) in [7, 11) is 3.05. The van der Waals surface area contributed by atoms with E-state index in [4.69, 9.17) is 13.9 Å². The van der Waals surface area contributed by atoms with E-state index >= 15 is 0 Å². The average Bonchev–Trinajstić information content (AvgIpc) is 3.18. The van der Waals surface area contributed by atoms with Gasteiger partial charge in [0.05, 0.1) is 20.0 Å². The fraction of sp³-hybridized carbons (Fsp3) is 0.167. The van der Waals surface area contributed by atoms with Crippen molar-refractivity contribution in [2.24, 2.45) is 0 Å². The first-order chi connectivity index (χ1) is 13.5. The lowest BCUT2D eigenvalue weighted by Gasteiger charge is -2.05. The first kappa shape index (κ1) is 19.6. The number of carbonyl (C=O) groups is 1. The molecule has 1 heterocycles. The van der Waals surface area contributed by atoms with Crippen molar-refractivity contribution >= 4 is 23.4 Å². The molecule has 0 aliphatic carbocycles. The molecular weight excluding hydrogens is 392 g/mol. The summed E-state index contributed by atoms with van der Waals surface area (Å²) >= 11 is 1.01. The summed E-state index contributed by atoms with van der Waals surface area (Å²) in [5.41, 5.74) is 0.751. The number of amides is 1. The second-order valence-electron chi connectivity index (χ2n) is 5.44. The molecule has 10 heteroatoms. The third-order valence-electron chi connectivity index (χ3n) is 3.53. The van der Waals surface area contributed by atoms with Crippen LogP contribution in [0.4, 0.5) is 14.5 Å². The summed E-state index contributed by atoms with van der Waals surface area (Å²) < 4.78 is 42.0. The Bertz CT molecular complexity index is 974. The molecule has 0 aliphatic rings. The molecule has 0 fully saturated rings. The van der Waals surface area contributed by atoms with E-state index in [9.17, 15) is 13.6 Å². The van der Waals surface area contributed by atoms with E-state index < -0.39 is 17.5 Å². The average molecular weight is 407 g/mol. The van der Waals surface area contributed by atoms with Gasteiger partial charge >= 0.3 is 0 Å². The highest BCUT2D eigenvalue weighted by Gasteiger charge is 2.14. The number of nitrogens with one attached hydrogen (secondary N) is 1. The van der Waals surface area contributed by atoms with Gasteiger partial charge in [0.15, 0.2) is 11.6 Å². The minimum Gasteiger partial charge on any atom is -0.497 e. The van der Waals surface area contributed by atoms with Crippen LogP contribution in [-0.4, -0.2) is 36.1 Å². The first-order valence-corrected chi connectivity index (χ1v) is 8.91. The lowest BCUT2D eigenvalue weighted by molar-refractivity contribution is -0.113. The van der Waals surface area contributed by atoms with E-state index in [0.717, 1.165) is 23.9 Å². The highest BCUT2D eigenvalue weighted by Crippen LogP contribution is 2.30. The SMILES string of the molecule is COc1cc(OC)cc(-c2nnc(SCC(=O)Nc3ccc(F)c(F)c3)o2)c1. The van der Waals surface area contributed by atoms with Gasteiger partial charge in [-0.05, 0) is 24.3 Å². The highest BCUT2D eigenvalue weighted by molar-refractivity contribution is 7.99. The number of halogens is 2. The number of hydrogen-bond acceptors (Lipinski definition) is 7. The third-order valence-corrected chi connectivity index (χ3v) is 4.35. The Kier molecular flexibility index (Phi) is 6.09. The molecule has 1 amide bonds. The number of hydrogen-bond donors (Lipinski definition) is 1. The molecule has 3 aromatic rings. The lowest BCUT2D eigenvalue weighted by atomic mass is 10.2. The molecule has 7 nitrogen and oxygen atoms in total. The van der Waals surface area contributed by atoms with Crippen molar-refractivity contribution in [1.29, 1.82) is 0 Å². The number of methoxy groups -OCH3 is 2. The zero-order chi connectivity index (χ0) is 20.1. The monoisotopic (exact) mass is 407 g/mol. The van der Waals surface area contributed by atoms with Crippen molar-refractivity contribution in [2.45, 2.75) is 5.22 Å². The molecule has 3 rings (SSSR count). The number of rotatable bonds is 7. The van der Waals surface area contributed by atoms with Crippen LogP contribution < -0.4 is 14.8 Å². The molecule has 0 saturated carbocycles. The molecule has 0 radical (unpaired) electrons. The normalized spacial score (nSPS) is 10.6. The van der Waals surface area contributed by atoms with Gasteiger partial charge in [-0.2, -0.15) is 0 Å². The number of ether oxygens (including phenoxy) is 2. The third kappa shape index (κ3) is 4.77. The molecule has 0 bridgehead atoms. The maximum Gasteiger partial charge on any atom is 0.277 e. The Labute approximate surface area is 163 Å². The van der Waals surface area contributed by atoms with Gasteiger partial charge in [-0.15, -0.1) is 10.2 Å². The van der Waals surface area contributed by atoms with Crippen LogP contribution in [0.2, 0.25) is 0 Å². The second kappa shape index (κ2) is 8.70. The van der Waals surface area contributed by atoms with Crippen LogP contribution >= 0.6 is 11.8 Å². The molecule has 2 aromatic carbocycles. The number of nitrogens with zero attached hydrogens (tertiary/aromatic N) is 2. The zero-order valence-corrected chi connectivity index (χ0v) is 15.7. The molecule has 0 spiro atoms. The summed E-state index contributed by atoms with van der Waals surface area (Å²) in [6, 6.07) is 8.23. The van der Waals surface area contributed by atoms with Crippen LogP contribution in [0.15, 0.2) is 46.0 Å². The van der Waals surface area contributed by atoms with E-state index in [1.165, 1.54) is 20.3 Å². The second-order valence-corrected chi connectivity index (χ2v) is 6.37. The minimum atomic E-state index is -1.04. The van der Waals surface area contributed by atoms with Crippen LogP contribution in [0.5, 0.6) is 11.5 Å². The molecule has 0 saturated heterocycles. The van der Waals surface area contributed by atoms with Gasteiger partial charge in [0, 0.05) is 23.4 Å². The van der Waals surface area contributed by atoms with Gasteiger partial charge < -0.3 is 19.2 Å². The van der Waals surface area contributed by atoms with Crippen molar-refractivity contribution in [3.8, 4) is 23.0 Å². The van der Waals surface area contributed by atoms with Crippen molar-refractivity contribution in [3.05, 3.63) is 48.0 Å². The Morgan fingerprint density at radius 2 is 1.79 bits per heavy atom. The Hall–Kier alpha value is -3.14. The van der Waals surface area contributed by atoms with E-state index in [2.05, 4.69) is 15.5 Å². The van der Waals surface area contributed by atoms with E-state index in [-0.39, 0.29) is 22.6 Å². The fourth-order valence-corrected chi connectivity index (χ4v) is 2.78. The Balaban J connectivity index is 1.63. The molecule has 28 heavy (non-hydrogen) atoms. The molecule has 1 N–H and O–H groups in total. The highest BCUT2D eigenvalue weighted by atomic mass is 32.2. The van der Waals surface area contributed by atoms with Gasteiger partial charge in [-0.1, -0.05) is 11.8 Å². The van der Waals surface area contributed by atoms with Gasteiger partial charge in [0.2, 0.25) is 11.8 Å². The molecule has 0 atom stereocenters. The topological polar surface area (TPSA) is 86.5 Å². The maximum atomic E-state index is 13.2. The molecule has 1 aromatic heterocycles. The summed E-state index contributed by atoms with van der Waals surface area (Å²) in [5, 5.41) is 10.5. The Morgan fingerprint density at radius 1 is 1.07 bits per heavy atom. The van der Waals surface area contributed by atoms with Crippen molar-refractivity contribution in [2.75, 3.05) is 25.3 Å². The van der Waals surface area contributed by atoms with Gasteiger partial charge in [0.1, 0.15) is 11.5 Å². The van der Waals surface area contributed by atoms with E-state index in [0.29, 0.717) is 17.1 Å². The Morgan fingerprint density at radius 3 is 2.43 bits per heavy atom. The predicted octanol–water partition coefficient (Wildman–Crippen LogP) is 3.76. The van der Waals surface area contributed by atoms with Crippen LogP contribution in [0.3, 0.4) is 0 Å². The summed E-state index contributed by atoms with van der Waals surface area (Å²) in [4.78, 5) is 12.0. The summed E-state index contributed by atoms with van der Waals surface area (Å²) in [6.45, 7) is 0. The number of thioether (sulfide) groups is 1. The molecular formula is C18H15F2N3O4S. The van der Waals surface area contributed by atoms with Gasteiger partial charge in [-0.25, -0.2) is 8.78 Å². The molecule has 146 valence electrons. The largest absolute Gasteiger partial charge is 0.497 e. The van der Waals surface area contributed by atoms with Gasteiger partial charge in [0.25, 0.3) is 5.22 Å². The number of anilines is 1. The fourth-order valence-electron chi connectivity index (χ4n) is 2.21. The van der Waals surface area contributed by atoms with Crippen molar-refractivity contribution in [1.82, 2.24) is 10.2 Å². The zero-order valence-electron chi connectivity index (χ0n) is 14.9. The number of carbonyl (C=O) groups excluding carboxylic acids is 1. The van der Waals surface area contributed by atoms with Crippen LogP contribution in [0, 0.1) is 11.6 Å². The van der Waals surface area contributed by atoms with Crippen LogP contribution in [0.1, 0.15) is 0 Å². The summed E-state index contributed by atoms with van der Waals surface area (Å²) in [6.07, 6.45) is 0. The quantitative estimate of drug-likeness (QED) is 0.597. The van der Waals surface area contributed by atoms with Crippen molar-refractivity contribution < 1.29 is 27.5 Å². The maximum absolute atomic E-state index is 13.2. The first-order valence-electron chi connectivity index (χ1n) is 7.93. The van der Waals surface area contributed by atoms with E-state index in [1.807, 2.05) is 0 Å².